The molecule has 3 nitrogen and oxygen atoms in total. The Bertz CT molecular complexity index is 405. The summed E-state index contributed by atoms with van der Waals surface area (Å²) < 4.78 is 37.3. The fourth-order valence-electron chi connectivity index (χ4n) is 1.41. The molecule has 100 valence electrons. The molecule has 0 spiro atoms. The molecule has 0 aliphatic heterocycles. The fraction of sp³-hybridized carbons (Fsp3) is 0.417. The first-order valence-corrected chi connectivity index (χ1v) is 5.55. The van der Waals surface area contributed by atoms with E-state index < -0.39 is 11.7 Å². The van der Waals surface area contributed by atoms with Crippen molar-refractivity contribution in [3.05, 3.63) is 29.8 Å². The molecule has 0 heterocycles. The van der Waals surface area contributed by atoms with Crippen LogP contribution in [0, 0.1) is 0 Å². The molecule has 0 aliphatic carbocycles. The van der Waals surface area contributed by atoms with Crippen molar-refractivity contribution in [2.24, 2.45) is 0 Å². The SMILES string of the molecule is CNC(=O)CCCNc1cccc(C(F)(F)F)c1. The average Bonchev–Trinajstić information content (AvgIpc) is 2.33. The van der Waals surface area contributed by atoms with Gasteiger partial charge in [0.2, 0.25) is 5.91 Å². The first-order valence-electron chi connectivity index (χ1n) is 5.55. The molecular weight excluding hydrogens is 245 g/mol. The number of carbonyl (C=O) groups excluding carboxylic acids is 1. The zero-order valence-electron chi connectivity index (χ0n) is 9.97. The highest BCUT2D eigenvalue weighted by Gasteiger charge is 2.30. The van der Waals surface area contributed by atoms with E-state index in [1.807, 2.05) is 0 Å². The van der Waals surface area contributed by atoms with Crippen LogP contribution in [0.25, 0.3) is 0 Å². The molecule has 0 fully saturated rings. The highest BCUT2D eigenvalue weighted by Crippen LogP contribution is 2.30. The standard InChI is InChI=1S/C12H15F3N2O/c1-16-11(18)6-3-7-17-10-5-2-4-9(8-10)12(13,14)15/h2,4-5,8,17H,3,6-7H2,1H3,(H,16,18). The molecule has 0 unspecified atom stereocenters. The summed E-state index contributed by atoms with van der Waals surface area (Å²) in [6, 6.07) is 4.99. The average molecular weight is 260 g/mol. The predicted molar refractivity (Wildman–Crippen MR) is 63.2 cm³/mol. The molecular formula is C12H15F3N2O. The Hall–Kier alpha value is -1.72. The van der Waals surface area contributed by atoms with E-state index in [2.05, 4.69) is 10.6 Å². The van der Waals surface area contributed by atoms with Crippen LogP contribution in [0.3, 0.4) is 0 Å². The van der Waals surface area contributed by atoms with Crippen LogP contribution in [-0.4, -0.2) is 19.5 Å². The molecule has 1 aromatic carbocycles. The zero-order valence-corrected chi connectivity index (χ0v) is 9.97. The van der Waals surface area contributed by atoms with Crippen LogP contribution in [0.5, 0.6) is 0 Å². The maximum atomic E-state index is 12.4. The summed E-state index contributed by atoms with van der Waals surface area (Å²) in [5.41, 5.74) is -0.277. The van der Waals surface area contributed by atoms with E-state index in [4.69, 9.17) is 0 Å². The van der Waals surface area contributed by atoms with Crippen molar-refractivity contribution in [2.45, 2.75) is 19.0 Å². The lowest BCUT2D eigenvalue weighted by atomic mass is 10.2. The van der Waals surface area contributed by atoms with E-state index in [0.29, 0.717) is 25.1 Å². The monoisotopic (exact) mass is 260 g/mol. The second-order valence-electron chi connectivity index (χ2n) is 3.78. The third-order valence-corrected chi connectivity index (χ3v) is 2.38. The van der Waals surface area contributed by atoms with Crippen LogP contribution in [0.2, 0.25) is 0 Å². The second kappa shape index (κ2) is 6.28. The maximum Gasteiger partial charge on any atom is 0.416 e. The van der Waals surface area contributed by atoms with Crippen molar-refractivity contribution in [2.75, 3.05) is 18.9 Å². The highest BCUT2D eigenvalue weighted by molar-refractivity contribution is 5.75. The normalized spacial score (nSPS) is 11.1. The second-order valence-corrected chi connectivity index (χ2v) is 3.78. The first kappa shape index (κ1) is 14.3. The molecule has 0 radical (unpaired) electrons. The van der Waals surface area contributed by atoms with Gasteiger partial charge in [0, 0.05) is 25.7 Å². The third kappa shape index (κ3) is 4.65. The van der Waals surface area contributed by atoms with Gasteiger partial charge in [0.1, 0.15) is 0 Å². The zero-order chi connectivity index (χ0) is 13.6. The van der Waals surface area contributed by atoms with Gasteiger partial charge in [-0.3, -0.25) is 4.79 Å². The molecule has 1 rings (SSSR count). The molecule has 0 aromatic heterocycles. The minimum Gasteiger partial charge on any atom is -0.385 e. The molecule has 0 saturated carbocycles. The lowest BCUT2D eigenvalue weighted by Gasteiger charge is -2.10. The van der Waals surface area contributed by atoms with Gasteiger partial charge in [0.25, 0.3) is 0 Å². The number of halogens is 3. The number of alkyl halides is 3. The number of carbonyl (C=O) groups is 1. The number of nitrogens with one attached hydrogen (secondary N) is 2. The predicted octanol–water partition coefficient (Wildman–Crippen LogP) is 2.64. The van der Waals surface area contributed by atoms with E-state index >= 15 is 0 Å². The Kier molecular flexibility index (Phi) is 5.00. The number of hydrogen-bond acceptors (Lipinski definition) is 2. The minimum absolute atomic E-state index is 0.0826. The Labute approximate surface area is 103 Å². The van der Waals surface area contributed by atoms with E-state index in [1.165, 1.54) is 6.07 Å². The number of anilines is 1. The molecule has 2 N–H and O–H groups in total. The summed E-state index contributed by atoms with van der Waals surface area (Å²) in [7, 11) is 1.54. The first-order chi connectivity index (χ1) is 8.43. The smallest absolute Gasteiger partial charge is 0.385 e. The minimum atomic E-state index is -4.33. The van der Waals surface area contributed by atoms with Crippen molar-refractivity contribution in [3.8, 4) is 0 Å². The van der Waals surface area contributed by atoms with Crippen LogP contribution < -0.4 is 10.6 Å². The van der Waals surface area contributed by atoms with Crippen LogP contribution in [-0.2, 0) is 11.0 Å². The summed E-state index contributed by atoms with van der Waals surface area (Å²) >= 11 is 0. The topological polar surface area (TPSA) is 41.1 Å². The summed E-state index contributed by atoms with van der Waals surface area (Å²) in [4.78, 5) is 10.9. The van der Waals surface area contributed by atoms with Crippen LogP contribution >= 0.6 is 0 Å². The lowest BCUT2D eigenvalue weighted by Crippen LogP contribution is -2.18. The van der Waals surface area contributed by atoms with Gasteiger partial charge in [0.15, 0.2) is 0 Å². The van der Waals surface area contributed by atoms with E-state index in [1.54, 1.807) is 13.1 Å². The van der Waals surface area contributed by atoms with Crippen molar-refractivity contribution in [3.63, 3.8) is 0 Å². The van der Waals surface area contributed by atoms with Gasteiger partial charge in [-0.2, -0.15) is 13.2 Å². The molecule has 1 aromatic rings. The van der Waals surface area contributed by atoms with Gasteiger partial charge in [-0.05, 0) is 24.6 Å². The van der Waals surface area contributed by atoms with Crippen molar-refractivity contribution < 1.29 is 18.0 Å². The number of hydrogen-bond donors (Lipinski definition) is 2. The van der Waals surface area contributed by atoms with Crippen molar-refractivity contribution >= 4 is 11.6 Å². The summed E-state index contributed by atoms with van der Waals surface area (Å²) in [5, 5.41) is 5.33. The van der Waals surface area contributed by atoms with E-state index in [9.17, 15) is 18.0 Å². The van der Waals surface area contributed by atoms with Gasteiger partial charge in [-0.1, -0.05) is 6.07 Å². The third-order valence-electron chi connectivity index (χ3n) is 2.38. The Morgan fingerprint density at radius 1 is 1.33 bits per heavy atom. The van der Waals surface area contributed by atoms with Gasteiger partial charge in [0.05, 0.1) is 5.56 Å². The molecule has 6 heteroatoms. The number of benzene rings is 1. The Morgan fingerprint density at radius 3 is 2.67 bits per heavy atom. The van der Waals surface area contributed by atoms with Gasteiger partial charge >= 0.3 is 6.18 Å². The van der Waals surface area contributed by atoms with Crippen LogP contribution in [0.1, 0.15) is 18.4 Å². The van der Waals surface area contributed by atoms with Gasteiger partial charge in [-0.25, -0.2) is 0 Å². The Morgan fingerprint density at radius 2 is 2.06 bits per heavy atom. The molecule has 1 amide bonds. The quantitative estimate of drug-likeness (QED) is 0.799. The largest absolute Gasteiger partial charge is 0.416 e. The van der Waals surface area contributed by atoms with Gasteiger partial charge < -0.3 is 10.6 Å². The van der Waals surface area contributed by atoms with Crippen molar-refractivity contribution in [1.29, 1.82) is 0 Å². The molecule has 0 atom stereocenters. The van der Waals surface area contributed by atoms with Gasteiger partial charge in [-0.15, -0.1) is 0 Å². The van der Waals surface area contributed by atoms with E-state index in [0.717, 1.165) is 12.1 Å². The lowest BCUT2D eigenvalue weighted by molar-refractivity contribution is -0.137. The maximum absolute atomic E-state index is 12.4. The van der Waals surface area contributed by atoms with Crippen LogP contribution in [0.4, 0.5) is 18.9 Å². The molecule has 18 heavy (non-hydrogen) atoms. The number of amides is 1. The highest BCUT2D eigenvalue weighted by atomic mass is 19.4. The molecule has 0 aliphatic rings. The van der Waals surface area contributed by atoms with Crippen molar-refractivity contribution in [1.82, 2.24) is 5.32 Å². The van der Waals surface area contributed by atoms with E-state index in [-0.39, 0.29) is 5.91 Å². The molecule has 0 bridgehead atoms. The molecule has 0 saturated heterocycles. The van der Waals surface area contributed by atoms with Crippen LogP contribution in [0.15, 0.2) is 24.3 Å². The fourth-order valence-corrected chi connectivity index (χ4v) is 1.41. The summed E-state index contributed by atoms with van der Waals surface area (Å²) in [6.07, 6.45) is -3.42. The summed E-state index contributed by atoms with van der Waals surface area (Å²) in [5.74, 6) is -0.0826. The summed E-state index contributed by atoms with van der Waals surface area (Å²) in [6.45, 7) is 0.453. The Balaban J connectivity index is 2.46. The number of rotatable bonds is 5.